The van der Waals surface area contributed by atoms with Crippen LogP contribution in [0.25, 0.3) is 0 Å². The number of benzene rings is 1. The van der Waals surface area contributed by atoms with E-state index in [4.69, 9.17) is 11.6 Å². The van der Waals surface area contributed by atoms with Gasteiger partial charge in [0, 0.05) is 17.1 Å². The van der Waals surface area contributed by atoms with Gasteiger partial charge in [0.15, 0.2) is 0 Å². The molecule has 5 nitrogen and oxygen atoms in total. The standard InChI is InChI=1S/C13H17ClN2O3/c1-4-8(2)9(3)15-13(17)11-7-10(14)5-6-12(11)16(18)19/h5-9H,4H2,1-3H3,(H,15,17). The molecule has 0 saturated carbocycles. The predicted octanol–water partition coefficient (Wildman–Crippen LogP) is 3.41. The fraction of sp³-hybridized carbons (Fsp3) is 0.462. The maximum Gasteiger partial charge on any atom is 0.282 e. The van der Waals surface area contributed by atoms with Gasteiger partial charge in [-0.05, 0) is 25.0 Å². The first-order valence-corrected chi connectivity index (χ1v) is 6.49. The van der Waals surface area contributed by atoms with Gasteiger partial charge < -0.3 is 5.32 Å². The molecule has 0 radical (unpaired) electrons. The molecule has 104 valence electrons. The van der Waals surface area contributed by atoms with Crippen molar-refractivity contribution in [2.45, 2.75) is 33.2 Å². The maximum absolute atomic E-state index is 12.1. The number of rotatable bonds is 5. The molecule has 1 aromatic carbocycles. The summed E-state index contributed by atoms with van der Waals surface area (Å²) >= 11 is 5.79. The number of carbonyl (C=O) groups excluding carboxylic acids is 1. The molecule has 19 heavy (non-hydrogen) atoms. The van der Waals surface area contributed by atoms with E-state index >= 15 is 0 Å². The quantitative estimate of drug-likeness (QED) is 0.665. The lowest BCUT2D eigenvalue weighted by atomic mass is 10.0. The zero-order chi connectivity index (χ0) is 14.6. The van der Waals surface area contributed by atoms with Gasteiger partial charge >= 0.3 is 0 Å². The second kappa shape index (κ2) is 6.52. The van der Waals surface area contributed by atoms with Crippen molar-refractivity contribution >= 4 is 23.2 Å². The van der Waals surface area contributed by atoms with Crippen molar-refractivity contribution in [1.82, 2.24) is 5.32 Å². The largest absolute Gasteiger partial charge is 0.349 e. The molecular weight excluding hydrogens is 268 g/mol. The van der Waals surface area contributed by atoms with Gasteiger partial charge in [-0.1, -0.05) is 31.9 Å². The van der Waals surface area contributed by atoms with Crippen LogP contribution in [0.3, 0.4) is 0 Å². The van der Waals surface area contributed by atoms with Crippen LogP contribution in [0.4, 0.5) is 5.69 Å². The van der Waals surface area contributed by atoms with E-state index in [-0.39, 0.29) is 17.3 Å². The predicted molar refractivity (Wildman–Crippen MR) is 74.5 cm³/mol. The van der Waals surface area contributed by atoms with Gasteiger partial charge in [0.1, 0.15) is 5.56 Å². The minimum atomic E-state index is -0.584. The summed E-state index contributed by atoms with van der Waals surface area (Å²) in [5.41, 5.74) is -0.245. The van der Waals surface area contributed by atoms with Crippen LogP contribution in [-0.2, 0) is 0 Å². The van der Waals surface area contributed by atoms with Gasteiger partial charge in [-0.2, -0.15) is 0 Å². The molecule has 1 rings (SSSR count). The second-order valence-corrected chi connectivity index (χ2v) is 5.00. The Morgan fingerprint density at radius 2 is 2.11 bits per heavy atom. The lowest BCUT2D eigenvalue weighted by Gasteiger charge is -2.19. The SMILES string of the molecule is CCC(C)C(C)NC(=O)c1cc(Cl)ccc1[N+](=O)[O-]. The first kappa shape index (κ1) is 15.4. The normalized spacial score (nSPS) is 13.7. The topological polar surface area (TPSA) is 72.2 Å². The summed E-state index contributed by atoms with van der Waals surface area (Å²) in [5.74, 6) is -0.177. The third-order valence-corrected chi connectivity index (χ3v) is 3.49. The minimum Gasteiger partial charge on any atom is -0.349 e. The molecule has 1 aromatic rings. The van der Waals surface area contributed by atoms with E-state index in [9.17, 15) is 14.9 Å². The summed E-state index contributed by atoms with van der Waals surface area (Å²) in [6.45, 7) is 5.91. The van der Waals surface area contributed by atoms with Crippen LogP contribution in [-0.4, -0.2) is 16.9 Å². The van der Waals surface area contributed by atoms with Crippen molar-refractivity contribution in [3.63, 3.8) is 0 Å². The number of hydrogen-bond donors (Lipinski definition) is 1. The lowest BCUT2D eigenvalue weighted by Crippen LogP contribution is -2.37. The molecule has 0 aliphatic heterocycles. The number of hydrogen-bond acceptors (Lipinski definition) is 3. The number of carbonyl (C=O) groups is 1. The third kappa shape index (κ3) is 3.92. The van der Waals surface area contributed by atoms with Gasteiger partial charge in [0.2, 0.25) is 0 Å². The second-order valence-electron chi connectivity index (χ2n) is 4.57. The Balaban J connectivity index is 2.99. The highest BCUT2D eigenvalue weighted by Crippen LogP contribution is 2.23. The number of nitro benzene ring substituents is 1. The summed E-state index contributed by atoms with van der Waals surface area (Å²) in [6, 6.07) is 3.90. The van der Waals surface area contributed by atoms with Crippen LogP contribution in [0.2, 0.25) is 5.02 Å². The Morgan fingerprint density at radius 1 is 1.47 bits per heavy atom. The Morgan fingerprint density at radius 3 is 2.63 bits per heavy atom. The lowest BCUT2D eigenvalue weighted by molar-refractivity contribution is -0.385. The van der Waals surface area contributed by atoms with Crippen molar-refractivity contribution in [3.05, 3.63) is 38.9 Å². The van der Waals surface area contributed by atoms with Crippen molar-refractivity contribution in [2.24, 2.45) is 5.92 Å². The van der Waals surface area contributed by atoms with Gasteiger partial charge in [-0.25, -0.2) is 0 Å². The van der Waals surface area contributed by atoms with E-state index in [1.54, 1.807) is 0 Å². The monoisotopic (exact) mass is 284 g/mol. The summed E-state index contributed by atoms with van der Waals surface area (Å²) in [4.78, 5) is 22.4. The fourth-order valence-corrected chi connectivity index (χ4v) is 1.80. The van der Waals surface area contributed by atoms with Crippen LogP contribution < -0.4 is 5.32 Å². The first-order valence-electron chi connectivity index (χ1n) is 6.11. The minimum absolute atomic E-state index is 0.00680. The van der Waals surface area contributed by atoms with Crippen LogP contribution in [0.1, 0.15) is 37.6 Å². The van der Waals surface area contributed by atoms with E-state index in [0.717, 1.165) is 6.42 Å². The number of amides is 1. The third-order valence-electron chi connectivity index (χ3n) is 3.26. The fourth-order valence-electron chi connectivity index (χ4n) is 1.63. The Labute approximate surface area is 117 Å². The summed E-state index contributed by atoms with van der Waals surface area (Å²) < 4.78 is 0. The molecule has 1 N–H and O–H groups in total. The first-order chi connectivity index (χ1) is 8.86. The molecule has 0 spiro atoms. The van der Waals surface area contributed by atoms with Crippen molar-refractivity contribution in [3.8, 4) is 0 Å². The Kier molecular flexibility index (Phi) is 5.30. The molecule has 1 amide bonds. The number of nitro groups is 1. The highest BCUT2D eigenvalue weighted by molar-refractivity contribution is 6.31. The van der Waals surface area contributed by atoms with Gasteiger partial charge in [-0.3, -0.25) is 14.9 Å². The summed E-state index contributed by atoms with van der Waals surface area (Å²) in [6.07, 6.45) is 0.916. The van der Waals surface area contributed by atoms with Crippen LogP contribution in [0.15, 0.2) is 18.2 Å². The Hall–Kier alpha value is -1.62. The number of halogens is 1. The average molecular weight is 285 g/mol. The molecule has 0 fully saturated rings. The zero-order valence-corrected chi connectivity index (χ0v) is 11.9. The highest BCUT2D eigenvalue weighted by Gasteiger charge is 2.22. The van der Waals surface area contributed by atoms with Crippen molar-refractivity contribution in [2.75, 3.05) is 0 Å². The molecular formula is C13H17ClN2O3. The molecule has 0 heterocycles. The maximum atomic E-state index is 12.1. The van der Waals surface area contributed by atoms with Gasteiger partial charge in [-0.15, -0.1) is 0 Å². The highest BCUT2D eigenvalue weighted by atomic mass is 35.5. The number of nitrogens with zero attached hydrogens (tertiary/aromatic N) is 1. The molecule has 0 bridgehead atoms. The van der Waals surface area contributed by atoms with Crippen LogP contribution in [0.5, 0.6) is 0 Å². The molecule has 0 aliphatic carbocycles. The van der Waals surface area contributed by atoms with Crippen molar-refractivity contribution < 1.29 is 9.72 Å². The molecule has 2 atom stereocenters. The van der Waals surface area contributed by atoms with Gasteiger partial charge in [0.05, 0.1) is 4.92 Å². The average Bonchev–Trinajstić information content (AvgIpc) is 2.36. The van der Waals surface area contributed by atoms with Crippen LogP contribution >= 0.6 is 11.6 Å². The zero-order valence-electron chi connectivity index (χ0n) is 11.1. The van der Waals surface area contributed by atoms with Gasteiger partial charge in [0.25, 0.3) is 11.6 Å². The summed E-state index contributed by atoms with van der Waals surface area (Å²) in [7, 11) is 0. The van der Waals surface area contributed by atoms with Crippen LogP contribution in [0, 0.1) is 16.0 Å². The smallest absolute Gasteiger partial charge is 0.282 e. The summed E-state index contributed by atoms with van der Waals surface area (Å²) in [5, 5.41) is 14.0. The number of nitrogens with one attached hydrogen (secondary N) is 1. The van der Waals surface area contributed by atoms with E-state index in [1.165, 1.54) is 18.2 Å². The molecule has 0 aromatic heterocycles. The molecule has 0 saturated heterocycles. The van der Waals surface area contributed by atoms with E-state index in [1.807, 2.05) is 20.8 Å². The Bertz CT molecular complexity index is 491. The van der Waals surface area contributed by atoms with E-state index in [0.29, 0.717) is 10.9 Å². The van der Waals surface area contributed by atoms with E-state index in [2.05, 4.69) is 5.32 Å². The molecule has 6 heteroatoms. The molecule has 2 unspecified atom stereocenters. The van der Waals surface area contributed by atoms with Crippen molar-refractivity contribution in [1.29, 1.82) is 0 Å². The molecule has 0 aliphatic rings. The van der Waals surface area contributed by atoms with E-state index < -0.39 is 10.8 Å².